The molecule has 0 bridgehead atoms. The third-order valence-corrected chi connectivity index (χ3v) is 2.57. The summed E-state index contributed by atoms with van der Waals surface area (Å²) < 4.78 is 5.89. The number of benzene rings is 1. The molecule has 0 heterocycles. The number of hydrogen-bond acceptors (Lipinski definition) is 4. The molecule has 94 valence electrons. The highest BCUT2D eigenvalue weighted by Crippen LogP contribution is 2.21. The minimum Gasteiger partial charge on any atom is -0.380 e. The lowest BCUT2D eigenvalue weighted by atomic mass is 10.2. The van der Waals surface area contributed by atoms with E-state index in [1.807, 2.05) is 13.0 Å². The van der Waals surface area contributed by atoms with Gasteiger partial charge < -0.3 is 10.1 Å². The molecule has 0 saturated carbocycles. The molecule has 0 aromatic heterocycles. The molecule has 0 amide bonds. The first-order chi connectivity index (χ1) is 8.13. The Morgan fingerprint density at radius 1 is 1.47 bits per heavy atom. The summed E-state index contributed by atoms with van der Waals surface area (Å²) in [6.45, 7) is 4.61. The van der Waals surface area contributed by atoms with Gasteiger partial charge in [-0.15, -0.1) is 0 Å². The number of non-ortho nitro benzene ring substituents is 1. The first kappa shape index (κ1) is 14.1. The van der Waals surface area contributed by atoms with Crippen molar-refractivity contribution in [2.45, 2.75) is 13.5 Å². The average Bonchev–Trinajstić information content (AvgIpc) is 2.28. The molecule has 0 atom stereocenters. The van der Waals surface area contributed by atoms with Gasteiger partial charge in [0.05, 0.1) is 11.5 Å². The zero-order valence-electron chi connectivity index (χ0n) is 9.61. The summed E-state index contributed by atoms with van der Waals surface area (Å²) in [4.78, 5) is 10.3. The maximum absolute atomic E-state index is 10.7. The number of ether oxygens (including phenoxy) is 1. The van der Waals surface area contributed by atoms with Crippen LogP contribution < -0.4 is 5.32 Å². The largest absolute Gasteiger partial charge is 0.380 e. The Balaban J connectivity index is 2.50. The van der Waals surface area contributed by atoms with E-state index in [0.717, 1.165) is 12.1 Å². The highest BCUT2D eigenvalue weighted by molar-refractivity contribution is 9.10. The molecule has 5 nitrogen and oxygen atoms in total. The van der Waals surface area contributed by atoms with Crippen LogP contribution in [0.5, 0.6) is 0 Å². The van der Waals surface area contributed by atoms with E-state index in [0.29, 0.717) is 24.2 Å². The summed E-state index contributed by atoms with van der Waals surface area (Å²) in [7, 11) is 0. The van der Waals surface area contributed by atoms with E-state index in [2.05, 4.69) is 21.2 Å². The van der Waals surface area contributed by atoms with Gasteiger partial charge in [-0.25, -0.2) is 0 Å². The molecule has 0 aliphatic heterocycles. The summed E-state index contributed by atoms with van der Waals surface area (Å²) in [6, 6.07) is 4.92. The molecule has 0 spiro atoms. The van der Waals surface area contributed by atoms with Crippen molar-refractivity contribution in [3.8, 4) is 0 Å². The Morgan fingerprint density at radius 3 is 2.88 bits per heavy atom. The average molecular weight is 303 g/mol. The lowest BCUT2D eigenvalue weighted by Crippen LogP contribution is -2.19. The second kappa shape index (κ2) is 7.37. The van der Waals surface area contributed by atoms with Gasteiger partial charge in [-0.05, 0) is 18.6 Å². The number of hydrogen-bond donors (Lipinski definition) is 1. The molecule has 0 unspecified atom stereocenters. The third kappa shape index (κ3) is 5.25. The minimum atomic E-state index is -0.394. The SMILES string of the molecule is CCOCCNCc1cc(Br)cc([N+](=O)[O-])c1. The summed E-state index contributed by atoms with van der Waals surface area (Å²) >= 11 is 3.26. The molecule has 1 N–H and O–H groups in total. The summed E-state index contributed by atoms with van der Waals surface area (Å²) in [5, 5.41) is 13.8. The van der Waals surface area contributed by atoms with Crippen LogP contribution in [-0.2, 0) is 11.3 Å². The number of nitro benzene ring substituents is 1. The second-order valence-electron chi connectivity index (χ2n) is 3.45. The van der Waals surface area contributed by atoms with E-state index in [-0.39, 0.29) is 5.69 Å². The second-order valence-corrected chi connectivity index (χ2v) is 4.36. The zero-order valence-corrected chi connectivity index (χ0v) is 11.2. The fourth-order valence-corrected chi connectivity index (χ4v) is 1.89. The maximum atomic E-state index is 10.7. The number of nitrogens with one attached hydrogen (secondary N) is 1. The topological polar surface area (TPSA) is 64.4 Å². The molecule has 0 aliphatic carbocycles. The van der Waals surface area contributed by atoms with Crippen LogP contribution in [0.2, 0.25) is 0 Å². The Kier molecular flexibility index (Phi) is 6.10. The van der Waals surface area contributed by atoms with Crippen LogP contribution in [0, 0.1) is 10.1 Å². The molecule has 0 saturated heterocycles. The normalized spacial score (nSPS) is 10.5. The van der Waals surface area contributed by atoms with E-state index >= 15 is 0 Å². The Labute approximate surface area is 108 Å². The van der Waals surface area contributed by atoms with Gasteiger partial charge in [0.25, 0.3) is 5.69 Å². The summed E-state index contributed by atoms with van der Waals surface area (Å²) in [5.74, 6) is 0. The lowest BCUT2D eigenvalue weighted by Gasteiger charge is -2.05. The highest BCUT2D eigenvalue weighted by Gasteiger charge is 2.08. The molecule has 1 aromatic rings. The standard InChI is InChI=1S/C11H15BrN2O3/c1-2-17-4-3-13-8-9-5-10(12)7-11(6-9)14(15)16/h5-7,13H,2-4,8H2,1H3. The predicted octanol–water partition coefficient (Wildman–Crippen LogP) is 2.48. The van der Waals surface area contributed by atoms with Gasteiger partial charge in [-0.3, -0.25) is 10.1 Å². The number of nitrogens with zero attached hydrogens (tertiary/aromatic N) is 1. The van der Waals surface area contributed by atoms with Crippen LogP contribution in [0.25, 0.3) is 0 Å². The third-order valence-electron chi connectivity index (χ3n) is 2.11. The fraction of sp³-hybridized carbons (Fsp3) is 0.455. The van der Waals surface area contributed by atoms with Crippen LogP contribution >= 0.6 is 15.9 Å². The van der Waals surface area contributed by atoms with Gasteiger partial charge in [0.2, 0.25) is 0 Å². The maximum Gasteiger partial charge on any atom is 0.270 e. The van der Waals surface area contributed by atoms with Crippen molar-refractivity contribution in [3.05, 3.63) is 38.3 Å². The monoisotopic (exact) mass is 302 g/mol. The molecule has 0 fully saturated rings. The number of nitro groups is 1. The quantitative estimate of drug-likeness (QED) is 0.477. The summed E-state index contributed by atoms with van der Waals surface area (Å²) in [5.41, 5.74) is 0.976. The first-order valence-corrected chi connectivity index (χ1v) is 6.15. The van der Waals surface area contributed by atoms with E-state index in [1.165, 1.54) is 6.07 Å². The van der Waals surface area contributed by atoms with E-state index in [9.17, 15) is 10.1 Å². The minimum absolute atomic E-state index is 0.0981. The van der Waals surface area contributed by atoms with E-state index in [4.69, 9.17) is 4.74 Å². The highest BCUT2D eigenvalue weighted by atomic mass is 79.9. The summed E-state index contributed by atoms with van der Waals surface area (Å²) in [6.07, 6.45) is 0. The van der Waals surface area contributed by atoms with Crippen molar-refractivity contribution in [3.63, 3.8) is 0 Å². The van der Waals surface area contributed by atoms with Crippen molar-refractivity contribution in [1.29, 1.82) is 0 Å². The van der Waals surface area contributed by atoms with Crippen LogP contribution in [-0.4, -0.2) is 24.7 Å². The number of halogens is 1. The number of rotatable bonds is 7. The predicted molar refractivity (Wildman–Crippen MR) is 69.0 cm³/mol. The zero-order chi connectivity index (χ0) is 12.7. The van der Waals surface area contributed by atoms with Crippen molar-refractivity contribution in [2.75, 3.05) is 19.8 Å². The van der Waals surface area contributed by atoms with Crippen LogP contribution in [0.15, 0.2) is 22.7 Å². The molecular weight excluding hydrogens is 288 g/mol. The van der Waals surface area contributed by atoms with Gasteiger partial charge in [-0.2, -0.15) is 0 Å². The molecule has 1 aromatic carbocycles. The van der Waals surface area contributed by atoms with Crippen LogP contribution in [0.1, 0.15) is 12.5 Å². The van der Waals surface area contributed by atoms with Crippen molar-refractivity contribution in [2.24, 2.45) is 0 Å². The smallest absolute Gasteiger partial charge is 0.270 e. The fourth-order valence-electron chi connectivity index (χ4n) is 1.36. The van der Waals surface area contributed by atoms with Gasteiger partial charge >= 0.3 is 0 Å². The van der Waals surface area contributed by atoms with E-state index in [1.54, 1.807) is 6.07 Å². The van der Waals surface area contributed by atoms with Gasteiger partial charge in [0.1, 0.15) is 0 Å². The van der Waals surface area contributed by atoms with E-state index < -0.39 is 4.92 Å². The first-order valence-electron chi connectivity index (χ1n) is 5.35. The van der Waals surface area contributed by atoms with Crippen LogP contribution in [0.4, 0.5) is 5.69 Å². The molecule has 6 heteroatoms. The van der Waals surface area contributed by atoms with Crippen molar-refractivity contribution >= 4 is 21.6 Å². The van der Waals surface area contributed by atoms with Gasteiger partial charge in [-0.1, -0.05) is 15.9 Å². The molecule has 0 aliphatic rings. The molecule has 0 radical (unpaired) electrons. The Bertz CT molecular complexity index is 385. The van der Waals surface area contributed by atoms with Gasteiger partial charge in [0.15, 0.2) is 0 Å². The van der Waals surface area contributed by atoms with Crippen molar-refractivity contribution < 1.29 is 9.66 Å². The Morgan fingerprint density at radius 2 is 2.24 bits per heavy atom. The Hall–Kier alpha value is -0.980. The lowest BCUT2D eigenvalue weighted by molar-refractivity contribution is -0.385. The molecule has 17 heavy (non-hydrogen) atoms. The van der Waals surface area contributed by atoms with Crippen molar-refractivity contribution in [1.82, 2.24) is 5.32 Å². The van der Waals surface area contributed by atoms with Crippen LogP contribution in [0.3, 0.4) is 0 Å². The molecule has 1 rings (SSSR count). The van der Waals surface area contributed by atoms with Gasteiger partial charge in [0, 0.05) is 36.3 Å². The molecular formula is C11H15BrN2O3.